The number of rotatable bonds is 8. The summed E-state index contributed by atoms with van der Waals surface area (Å²) in [5.74, 6) is 0.137. The molecule has 0 saturated carbocycles. The largest absolute Gasteiger partial charge is 0.466 e. The summed E-state index contributed by atoms with van der Waals surface area (Å²) in [5, 5.41) is 5.78. The van der Waals surface area contributed by atoms with E-state index in [1.807, 2.05) is 42.5 Å². The van der Waals surface area contributed by atoms with Crippen LogP contribution in [0.4, 0.5) is 5.69 Å². The maximum Gasteiger partial charge on any atom is 0.306 e. The molecule has 1 heterocycles. The van der Waals surface area contributed by atoms with E-state index in [9.17, 15) is 14.4 Å². The van der Waals surface area contributed by atoms with Crippen LogP contribution in [-0.2, 0) is 16.1 Å². The monoisotopic (exact) mass is 443 g/mol. The summed E-state index contributed by atoms with van der Waals surface area (Å²) >= 11 is 0. The van der Waals surface area contributed by atoms with Gasteiger partial charge in [0.2, 0.25) is 0 Å². The van der Waals surface area contributed by atoms with Gasteiger partial charge in [0.05, 0.1) is 23.9 Å². The van der Waals surface area contributed by atoms with E-state index in [1.54, 1.807) is 26.0 Å². The molecule has 3 aromatic carbocycles. The Morgan fingerprint density at radius 3 is 2.55 bits per heavy atom. The Morgan fingerprint density at radius 2 is 1.79 bits per heavy atom. The molecule has 0 unspecified atom stereocenters. The van der Waals surface area contributed by atoms with Crippen LogP contribution in [0.3, 0.4) is 0 Å². The molecule has 4 rings (SSSR count). The zero-order valence-corrected chi connectivity index (χ0v) is 18.6. The van der Waals surface area contributed by atoms with Crippen LogP contribution in [0.1, 0.15) is 41.5 Å². The minimum atomic E-state index is -0.361. The molecule has 0 amide bonds. The lowest BCUT2D eigenvalue weighted by Gasteiger charge is -2.10. The number of carbonyl (C=O) groups is 2. The van der Waals surface area contributed by atoms with Gasteiger partial charge in [-0.15, -0.1) is 0 Å². The van der Waals surface area contributed by atoms with E-state index in [-0.39, 0.29) is 30.2 Å². The summed E-state index contributed by atoms with van der Waals surface area (Å²) < 4.78 is 4.86. The standard InChI is InChI=1S/C26H25N3O4/c1-3-33-24(31)13-12-23(30)19-6-9-20(10-7-19)27-15-17-4-5-18-8-11-22-25(21(18)14-17)26(32)29-16(2)28-22/h4-11,14,27H,3,12-13,15H2,1-2H3,(H,28,29,32). The van der Waals surface area contributed by atoms with Crippen LogP contribution in [0.5, 0.6) is 0 Å². The predicted molar refractivity (Wildman–Crippen MR) is 129 cm³/mol. The summed E-state index contributed by atoms with van der Waals surface area (Å²) in [6.07, 6.45) is 0.214. The van der Waals surface area contributed by atoms with Crippen molar-refractivity contribution >= 4 is 39.1 Å². The quantitative estimate of drug-likeness (QED) is 0.236. The lowest BCUT2D eigenvalue weighted by Crippen LogP contribution is -2.10. The number of nitrogens with zero attached hydrogens (tertiary/aromatic N) is 1. The van der Waals surface area contributed by atoms with Crippen LogP contribution >= 0.6 is 0 Å². The summed E-state index contributed by atoms with van der Waals surface area (Å²) in [7, 11) is 0. The molecular weight excluding hydrogens is 418 g/mol. The van der Waals surface area contributed by atoms with Crippen LogP contribution < -0.4 is 10.9 Å². The normalized spacial score (nSPS) is 11.0. The maximum atomic E-state index is 12.5. The second-order valence-corrected chi connectivity index (χ2v) is 7.83. The molecular formula is C26H25N3O4. The number of Topliss-reactive ketones (excluding diaryl/α,β-unsaturated/α-hetero) is 1. The Bertz CT molecular complexity index is 1390. The van der Waals surface area contributed by atoms with Gasteiger partial charge in [-0.2, -0.15) is 0 Å². The van der Waals surface area contributed by atoms with Gasteiger partial charge in [0.15, 0.2) is 5.78 Å². The smallest absolute Gasteiger partial charge is 0.306 e. The number of H-pyrrole nitrogens is 1. The van der Waals surface area contributed by atoms with Crippen LogP contribution in [0.15, 0.2) is 59.4 Å². The number of aromatic nitrogens is 2. The summed E-state index contributed by atoms with van der Waals surface area (Å²) in [6, 6.07) is 17.0. The first-order valence-corrected chi connectivity index (χ1v) is 10.9. The zero-order chi connectivity index (χ0) is 23.4. The van der Waals surface area contributed by atoms with Crippen molar-refractivity contribution in [2.45, 2.75) is 33.2 Å². The first-order valence-electron chi connectivity index (χ1n) is 10.9. The summed E-state index contributed by atoms with van der Waals surface area (Å²) in [6.45, 7) is 4.38. The maximum absolute atomic E-state index is 12.5. The highest BCUT2D eigenvalue weighted by atomic mass is 16.5. The zero-order valence-electron chi connectivity index (χ0n) is 18.6. The molecule has 0 atom stereocenters. The second kappa shape index (κ2) is 9.65. The van der Waals surface area contributed by atoms with Crippen LogP contribution in [0, 0.1) is 6.92 Å². The molecule has 0 saturated heterocycles. The van der Waals surface area contributed by atoms with Gasteiger partial charge in [0.1, 0.15) is 5.82 Å². The molecule has 1 aromatic heterocycles. The van der Waals surface area contributed by atoms with Crippen molar-refractivity contribution in [1.82, 2.24) is 9.97 Å². The number of hydrogen-bond acceptors (Lipinski definition) is 6. The Hall–Kier alpha value is -4.00. The second-order valence-electron chi connectivity index (χ2n) is 7.83. The molecule has 168 valence electrons. The van der Waals surface area contributed by atoms with Crippen LogP contribution in [0.25, 0.3) is 21.7 Å². The van der Waals surface area contributed by atoms with Gasteiger partial charge in [-0.05, 0) is 66.6 Å². The number of esters is 1. The molecule has 7 nitrogen and oxygen atoms in total. The van der Waals surface area contributed by atoms with Crippen molar-refractivity contribution in [3.8, 4) is 0 Å². The average Bonchev–Trinajstić information content (AvgIpc) is 2.81. The lowest BCUT2D eigenvalue weighted by molar-refractivity contribution is -0.143. The Morgan fingerprint density at radius 1 is 1.03 bits per heavy atom. The van der Waals surface area contributed by atoms with Gasteiger partial charge < -0.3 is 15.0 Å². The van der Waals surface area contributed by atoms with Crippen molar-refractivity contribution in [3.63, 3.8) is 0 Å². The van der Waals surface area contributed by atoms with E-state index in [4.69, 9.17) is 4.74 Å². The predicted octanol–water partition coefficient (Wildman–Crippen LogP) is 4.52. The Kier molecular flexibility index (Phi) is 6.49. The molecule has 0 radical (unpaired) electrons. The number of fused-ring (bicyclic) bond motifs is 3. The van der Waals surface area contributed by atoms with Crippen molar-refractivity contribution in [3.05, 3.63) is 81.9 Å². The fraction of sp³-hybridized carbons (Fsp3) is 0.231. The number of benzene rings is 3. The van der Waals surface area contributed by atoms with E-state index in [2.05, 4.69) is 15.3 Å². The van der Waals surface area contributed by atoms with Gasteiger partial charge in [0, 0.05) is 24.2 Å². The number of aryl methyl sites for hydroxylation is 1. The Labute approximate surface area is 190 Å². The fourth-order valence-electron chi connectivity index (χ4n) is 3.80. The molecule has 0 aliphatic rings. The topological polar surface area (TPSA) is 101 Å². The molecule has 0 bridgehead atoms. The summed E-state index contributed by atoms with van der Waals surface area (Å²) in [4.78, 5) is 43.5. The number of aromatic amines is 1. The van der Waals surface area contributed by atoms with Crippen LogP contribution in [0.2, 0.25) is 0 Å². The third-order valence-electron chi connectivity index (χ3n) is 5.44. The third kappa shape index (κ3) is 5.09. The molecule has 7 heteroatoms. The van der Waals surface area contributed by atoms with Gasteiger partial charge in [-0.3, -0.25) is 14.4 Å². The van der Waals surface area contributed by atoms with Crippen molar-refractivity contribution in [2.24, 2.45) is 0 Å². The molecule has 0 aliphatic heterocycles. The number of anilines is 1. The molecule has 0 aliphatic carbocycles. The number of ketones is 1. The number of nitrogens with one attached hydrogen (secondary N) is 2. The van der Waals surface area contributed by atoms with Crippen molar-refractivity contribution in [2.75, 3.05) is 11.9 Å². The third-order valence-corrected chi connectivity index (χ3v) is 5.44. The summed E-state index contributed by atoms with van der Waals surface area (Å²) in [5.41, 5.74) is 2.98. The number of hydrogen-bond donors (Lipinski definition) is 2. The van der Waals surface area contributed by atoms with Crippen molar-refractivity contribution in [1.29, 1.82) is 0 Å². The van der Waals surface area contributed by atoms with E-state index in [1.165, 1.54) is 0 Å². The first-order chi connectivity index (χ1) is 15.9. The average molecular weight is 444 g/mol. The van der Waals surface area contributed by atoms with E-state index < -0.39 is 0 Å². The SMILES string of the molecule is CCOC(=O)CCC(=O)c1ccc(NCc2ccc3ccc4nc(C)[nH]c(=O)c4c3c2)cc1. The fourth-order valence-corrected chi connectivity index (χ4v) is 3.80. The lowest BCUT2D eigenvalue weighted by atomic mass is 10.0. The van der Waals surface area contributed by atoms with Gasteiger partial charge >= 0.3 is 5.97 Å². The van der Waals surface area contributed by atoms with Crippen LogP contribution in [-0.4, -0.2) is 28.3 Å². The van der Waals surface area contributed by atoms with E-state index in [0.717, 1.165) is 22.0 Å². The van der Waals surface area contributed by atoms with E-state index in [0.29, 0.717) is 35.4 Å². The van der Waals surface area contributed by atoms with Gasteiger partial charge in [-0.25, -0.2) is 4.98 Å². The minimum Gasteiger partial charge on any atom is -0.466 e. The van der Waals surface area contributed by atoms with Gasteiger partial charge in [0.25, 0.3) is 5.56 Å². The highest BCUT2D eigenvalue weighted by Crippen LogP contribution is 2.23. The molecule has 33 heavy (non-hydrogen) atoms. The molecule has 4 aromatic rings. The number of carbonyl (C=O) groups excluding carboxylic acids is 2. The highest BCUT2D eigenvalue weighted by molar-refractivity contribution is 6.05. The highest BCUT2D eigenvalue weighted by Gasteiger charge is 2.10. The first kappa shape index (κ1) is 22.2. The molecule has 0 spiro atoms. The molecule has 0 fully saturated rings. The number of ether oxygens (including phenoxy) is 1. The van der Waals surface area contributed by atoms with Gasteiger partial charge in [-0.1, -0.05) is 18.2 Å². The van der Waals surface area contributed by atoms with E-state index >= 15 is 0 Å². The minimum absolute atomic E-state index is 0.0846. The Balaban J connectivity index is 1.46. The van der Waals surface area contributed by atoms with Crippen molar-refractivity contribution < 1.29 is 14.3 Å². The molecule has 2 N–H and O–H groups in total.